The summed E-state index contributed by atoms with van der Waals surface area (Å²) < 4.78 is 6.38. The fourth-order valence-corrected chi connectivity index (χ4v) is 3.08. The Morgan fingerprint density at radius 1 is 1.39 bits per heavy atom. The van der Waals surface area contributed by atoms with Crippen LogP contribution >= 0.6 is 22.6 Å². The Kier molecular flexibility index (Phi) is 5.07. The first-order chi connectivity index (χ1) is 10.6. The van der Waals surface area contributed by atoms with E-state index in [0.29, 0.717) is 13.1 Å². The van der Waals surface area contributed by atoms with Gasteiger partial charge in [-0.2, -0.15) is 0 Å². The van der Waals surface area contributed by atoms with Gasteiger partial charge < -0.3 is 20.1 Å². The molecule has 1 aromatic rings. The van der Waals surface area contributed by atoms with E-state index in [0.717, 1.165) is 9.26 Å². The number of anilines is 1. The van der Waals surface area contributed by atoms with Gasteiger partial charge in [0.25, 0.3) is 0 Å². The summed E-state index contributed by atoms with van der Waals surface area (Å²) in [5, 5.41) is 12.5. The zero-order valence-corrected chi connectivity index (χ0v) is 15.6. The third kappa shape index (κ3) is 4.98. The number of aliphatic carboxylic acids is 1. The molecular weight excluding hydrogens is 411 g/mol. The highest BCUT2D eigenvalue weighted by Crippen LogP contribution is 2.31. The van der Waals surface area contributed by atoms with E-state index in [9.17, 15) is 14.7 Å². The lowest BCUT2D eigenvalue weighted by atomic mass is 9.86. The molecule has 126 valence electrons. The van der Waals surface area contributed by atoms with Gasteiger partial charge in [-0.3, -0.25) is 4.79 Å². The molecule has 0 unspecified atom stereocenters. The zero-order chi connectivity index (χ0) is 17.3. The molecule has 0 atom stereocenters. The van der Waals surface area contributed by atoms with Crippen molar-refractivity contribution in [3.8, 4) is 0 Å². The Morgan fingerprint density at radius 3 is 2.57 bits per heavy atom. The largest absolute Gasteiger partial charge is 0.481 e. The minimum atomic E-state index is -0.896. The number of nitrogens with zero attached hydrogens (tertiary/aromatic N) is 1. The van der Waals surface area contributed by atoms with Gasteiger partial charge in [0, 0.05) is 22.3 Å². The van der Waals surface area contributed by atoms with Crippen molar-refractivity contribution in [2.24, 2.45) is 0 Å². The van der Waals surface area contributed by atoms with Crippen LogP contribution in [0.3, 0.4) is 0 Å². The van der Waals surface area contributed by atoms with Gasteiger partial charge in [0.15, 0.2) is 0 Å². The molecule has 0 radical (unpaired) electrons. The molecule has 1 aromatic carbocycles. The molecule has 1 aliphatic heterocycles. The van der Waals surface area contributed by atoms with Crippen LogP contribution in [0, 0.1) is 3.57 Å². The smallest absolute Gasteiger partial charge is 0.410 e. The summed E-state index contributed by atoms with van der Waals surface area (Å²) in [5.41, 5.74) is -0.375. The maximum Gasteiger partial charge on any atom is 0.410 e. The van der Waals surface area contributed by atoms with Crippen LogP contribution in [0.25, 0.3) is 0 Å². The maximum atomic E-state index is 12.0. The number of nitrogens with one attached hydrogen (secondary N) is 1. The summed E-state index contributed by atoms with van der Waals surface area (Å²) in [6, 6.07) is 7.70. The Bertz CT molecular complexity index is 606. The van der Waals surface area contributed by atoms with Crippen molar-refractivity contribution >= 4 is 40.3 Å². The summed E-state index contributed by atoms with van der Waals surface area (Å²) in [6.07, 6.45) is -0.472. The fraction of sp³-hybridized carbons (Fsp3) is 0.500. The maximum absolute atomic E-state index is 12.0. The molecule has 0 spiro atoms. The standard InChI is InChI=1S/C16H21IN2O4/c1-15(2,3)23-14(22)19-9-16(10-19,8-13(20)21)18-12-6-4-5-11(17)7-12/h4-7,18H,8-10H2,1-3H3,(H,20,21). The number of carbonyl (C=O) groups excluding carboxylic acids is 1. The number of carboxylic acid groups (broad SMARTS) is 1. The van der Waals surface area contributed by atoms with Crippen LogP contribution in [-0.4, -0.2) is 46.3 Å². The molecule has 6 nitrogen and oxygen atoms in total. The van der Waals surface area contributed by atoms with Gasteiger partial charge >= 0.3 is 12.1 Å². The van der Waals surface area contributed by atoms with Gasteiger partial charge in [0.2, 0.25) is 0 Å². The first-order valence-electron chi connectivity index (χ1n) is 7.32. The Hall–Kier alpha value is -1.51. The lowest BCUT2D eigenvalue weighted by molar-refractivity contribution is -0.139. The van der Waals surface area contributed by atoms with Crippen molar-refractivity contribution < 1.29 is 19.4 Å². The van der Waals surface area contributed by atoms with Crippen LogP contribution < -0.4 is 5.32 Å². The monoisotopic (exact) mass is 432 g/mol. The van der Waals surface area contributed by atoms with Crippen LogP contribution in [0.5, 0.6) is 0 Å². The fourth-order valence-electron chi connectivity index (χ4n) is 2.54. The Labute approximate surface area is 149 Å². The second kappa shape index (κ2) is 6.54. The van der Waals surface area contributed by atoms with Crippen LogP contribution in [0.4, 0.5) is 10.5 Å². The second-order valence-electron chi connectivity index (χ2n) is 6.82. The third-order valence-electron chi connectivity index (χ3n) is 3.36. The predicted octanol–water partition coefficient (Wildman–Crippen LogP) is 3.17. The minimum absolute atomic E-state index is 0.0578. The molecule has 1 amide bonds. The number of halogens is 1. The SMILES string of the molecule is CC(C)(C)OC(=O)N1CC(CC(=O)O)(Nc2cccc(I)c2)C1. The van der Waals surface area contributed by atoms with Gasteiger partial charge in [-0.25, -0.2) is 4.79 Å². The van der Waals surface area contributed by atoms with Crippen LogP contribution in [-0.2, 0) is 9.53 Å². The molecule has 2 N–H and O–H groups in total. The van der Waals surface area contributed by atoms with Crippen LogP contribution in [0.15, 0.2) is 24.3 Å². The van der Waals surface area contributed by atoms with E-state index in [2.05, 4.69) is 27.9 Å². The average molecular weight is 432 g/mol. The van der Waals surface area contributed by atoms with E-state index in [1.54, 1.807) is 20.8 Å². The molecule has 0 bridgehead atoms. The molecular formula is C16H21IN2O4. The molecule has 1 fully saturated rings. The second-order valence-corrected chi connectivity index (χ2v) is 8.07. The molecule has 7 heteroatoms. The Morgan fingerprint density at radius 2 is 2.04 bits per heavy atom. The number of ether oxygens (including phenoxy) is 1. The number of rotatable bonds is 4. The normalized spacial score (nSPS) is 16.4. The van der Waals surface area contributed by atoms with Crippen molar-refractivity contribution in [2.45, 2.75) is 38.3 Å². The van der Waals surface area contributed by atoms with E-state index in [1.807, 2.05) is 24.3 Å². The lowest BCUT2D eigenvalue weighted by Crippen LogP contribution is -2.68. The Balaban J connectivity index is 2.06. The van der Waals surface area contributed by atoms with E-state index < -0.39 is 23.2 Å². The highest BCUT2D eigenvalue weighted by Gasteiger charge is 2.48. The van der Waals surface area contributed by atoms with Crippen LogP contribution in [0.2, 0.25) is 0 Å². The molecule has 1 heterocycles. The number of carboxylic acids is 1. The summed E-state index contributed by atoms with van der Waals surface area (Å²) in [7, 11) is 0. The van der Waals surface area contributed by atoms with Crippen molar-refractivity contribution in [1.29, 1.82) is 0 Å². The molecule has 0 saturated carbocycles. The molecule has 2 rings (SSSR count). The van der Waals surface area contributed by atoms with E-state index in [-0.39, 0.29) is 6.42 Å². The van der Waals surface area contributed by atoms with Crippen molar-refractivity contribution in [3.63, 3.8) is 0 Å². The lowest BCUT2D eigenvalue weighted by Gasteiger charge is -2.50. The topological polar surface area (TPSA) is 78.9 Å². The van der Waals surface area contributed by atoms with E-state index in [4.69, 9.17) is 4.74 Å². The van der Waals surface area contributed by atoms with Gasteiger partial charge in [-0.05, 0) is 61.6 Å². The predicted molar refractivity (Wildman–Crippen MR) is 95.6 cm³/mol. The van der Waals surface area contributed by atoms with E-state index in [1.165, 1.54) is 4.90 Å². The van der Waals surface area contributed by atoms with Gasteiger partial charge in [0.05, 0.1) is 12.0 Å². The van der Waals surface area contributed by atoms with Crippen LogP contribution in [0.1, 0.15) is 27.2 Å². The van der Waals surface area contributed by atoms with Crippen molar-refractivity contribution in [2.75, 3.05) is 18.4 Å². The quantitative estimate of drug-likeness (QED) is 0.715. The number of hydrogen-bond acceptors (Lipinski definition) is 4. The van der Waals surface area contributed by atoms with Gasteiger partial charge in [0.1, 0.15) is 5.60 Å². The van der Waals surface area contributed by atoms with Gasteiger partial charge in [-0.1, -0.05) is 6.07 Å². The number of carbonyl (C=O) groups is 2. The minimum Gasteiger partial charge on any atom is -0.481 e. The number of hydrogen-bond donors (Lipinski definition) is 2. The molecule has 1 saturated heterocycles. The number of likely N-dealkylation sites (tertiary alicyclic amines) is 1. The first-order valence-corrected chi connectivity index (χ1v) is 8.40. The molecule has 0 aromatic heterocycles. The summed E-state index contributed by atoms with van der Waals surface area (Å²) in [4.78, 5) is 24.8. The molecule has 0 aliphatic carbocycles. The number of benzene rings is 1. The van der Waals surface area contributed by atoms with Crippen molar-refractivity contribution in [3.05, 3.63) is 27.8 Å². The molecule has 1 aliphatic rings. The summed E-state index contributed by atoms with van der Waals surface area (Å²) in [5.74, 6) is -0.896. The summed E-state index contributed by atoms with van der Waals surface area (Å²) >= 11 is 2.20. The average Bonchev–Trinajstić information content (AvgIpc) is 2.32. The molecule has 23 heavy (non-hydrogen) atoms. The van der Waals surface area contributed by atoms with E-state index >= 15 is 0 Å². The number of amides is 1. The first kappa shape index (κ1) is 17.8. The highest BCUT2D eigenvalue weighted by molar-refractivity contribution is 14.1. The van der Waals surface area contributed by atoms with Crippen molar-refractivity contribution in [1.82, 2.24) is 4.90 Å². The highest BCUT2D eigenvalue weighted by atomic mass is 127. The third-order valence-corrected chi connectivity index (χ3v) is 4.03. The zero-order valence-electron chi connectivity index (χ0n) is 13.4. The van der Waals surface area contributed by atoms with Gasteiger partial charge in [-0.15, -0.1) is 0 Å². The summed E-state index contributed by atoms with van der Waals surface area (Å²) in [6.45, 7) is 6.03.